The standard InChI is InChI=1S/C19H31BrO2/c1-18-7-5-12(21)9-11(18)3-4-13-14(18)6-8-19(2)15(13)10-16(20)17(19)22/h11-17,21-22H,3-10H2,1-2H3/t11-,12+,13+,14-,15-,16+,17-,18-,19-/m0/s1. The van der Waals surface area contributed by atoms with Gasteiger partial charge in [0.05, 0.1) is 12.2 Å². The van der Waals surface area contributed by atoms with Crippen molar-refractivity contribution in [3.63, 3.8) is 0 Å². The minimum atomic E-state index is -0.169. The average molecular weight is 371 g/mol. The fraction of sp³-hybridized carbons (Fsp3) is 1.00. The second kappa shape index (κ2) is 5.20. The summed E-state index contributed by atoms with van der Waals surface area (Å²) < 4.78 is 0. The summed E-state index contributed by atoms with van der Waals surface area (Å²) in [5.41, 5.74) is 0.575. The van der Waals surface area contributed by atoms with Crippen molar-refractivity contribution >= 4 is 15.9 Å². The molecule has 0 aliphatic heterocycles. The van der Waals surface area contributed by atoms with Crippen molar-refractivity contribution in [1.82, 2.24) is 0 Å². The summed E-state index contributed by atoms with van der Waals surface area (Å²) in [6, 6.07) is 0. The quantitative estimate of drug-likeness (QED) is 0.629. The first-order chi connectivity index (χ1) is 10.4. The van der Waals surface area contributed by atoms with Crippen LogP contribution in [-0.4, -0.2) is 27.2 Å². The molecule has 0 aromatic carbocycles. The maximum Gasteiger partial charge on any atom is 0.0721 e. The third-order valence-electron chi connectivity index (χ3n) is 8.57. The minimum absolute atomic E-state index is 0.0521. The number of aliphatic hydroxyl groups excluding tert-OH is 2. The molecule has 9 atom stereocenters. The summed E-state index contributed by atoms with van der Waals surface area (Å²) in [6.45, 7) is 4.87. The molecule has 0 bridgehead atoms. The molecule has 4 fully saturated rings. The molecule has 2 N–H and O–H groups in total. The molecule has 0 unspecified atom stereocenters. The van der Waals surface area contributed by atoms with Gasteiger partial charge in [-0.1, -0.05) is 29.8 Å². The summed E-state index contributed by atoms with van der Waals surface area (Å²) >= 11 is 3.75. The smallest absolute Gasteiger partial charge is 0.0721 e. The Bertz CT molecular complexity index is 455. The van der Waals surface area contributed by atoms with Crippen molar-refractivity contribution in [2.24, 2.45) is 34.5 Å². The van der Waals surface area contributed by atoms with Gasteiger partial charge in [-0.25, -0.2) is 0 Å². The maximum absolute atomic E-state index is 10.7. The molecule has 4 aliphatic rings. The van der Waals surface area contributed by atoms with Gasteiger partial charge in [0.15, 0.2) is 0 Å². The van der Waals surface area contributed by atoms with Gasteiger partial charge in [0.2, 0.25) is 0 Å². The molecule has 0 heterocycles. The van der Waals surface area contributed by atoms with Crippen LogP contribution >= 0.6 is 15.9 Å². The van der Waals surface area contributed by atoms with Crippen LogP contribution < -0.4 is 0 Å². The van der Waals surface area contributed by atoms with E-state index < -0.39 is 0 Å². The largest absolute Gasteiger partial charge is 0.393 e. The Balaban J connectivity index is 1.63. The van der Waals surface area contributed by atoms with Crippen LogP contribution in [0.25, 0.3) is 0 Å². The highest BCUT2D eigenvalue weighted by atomic mass is 79.9. The zero-order valence-corrected chi connectivity index (χ0v) is 15.6. The second-order valence-corrected chi connectivity index (χ2v) is 10.5. The van der Waals surface area contributed by atoms with Crippen molar-refractivity contribution in [1.29, 1.82) is 0 Å². The predicted molar refractivity (Wildman–Crippen MR) is 91.8 cm³/mol. The van der Waals surface area contributed by atoms with Gasteiger partial charge in [-0.05, 0) is 85.9 Å². The van der Waals surface area contributed by atoms with E-state index in [1.165, 1.54) is 32.1 Å². The predicted octanol–water partition coefficient (Wildman–Crippen LogP) is 4.12. The monoisotopic (exact) mass is 370 g/mol. The van der Waals surface area contributed by atoms with Gasteiger partial charge in [-0.2, -0.15) is 0 Å². The summed E-state index contributed by atoms with van der Waals surface area (Å²) in [5.74, 6) is 3.04. The van der Waals surface area contributed by atoms with Crippen LogP contribution in [0.3, 0.4) is 0 Å². The van der Waals surface area contributed by atoms with Crippen LogP contribution in [0.1, 0.15) is 65.2 Å². The zero-order chi connectivity index (χ0) is 15.7. The van der Waals surface area contributed by atoms with Gasteiger partial charge >= 0.3 is 0 Å². The average Bonchev–Trinajstić information content (AvgIpc) is 2.72. The number of alkyl halides is 1. The molecule has 22 heavy (non-hydrogen) atoms. The summed E-state index contributed by atoms with van der Waals surface area (Å²) in [5, 5.41) is 20.8. The van der Waals surface area contributed by atoms with Gasteiger partial charge in [-0.3, -0.25) is 0 Å². The molecule has 2 nitrogen and oxygen atoms in total. The molecule has 0 radical (unpaired) electrons. The Kier molecular flexibility index (Phi) is 3.76. The first kappa shape index (κ1) is 15.9. The van der Waals surface area contributed by atoms with E-state index in [1.54, 1.807) is 0 Å². The van der Waals surface area contributed by atoms with Crippen molar-refractivity contribution in [2.45, 2.75) is 82.2 Å². The molecule has 4 rings (SSSR count). The van der Waals surface area contributed by atoms with Crippen LogP contribution in [0.5, 0.6) is 0 Å². The first-order valence-corrected chi connectivity index (χ1v) is 10.3. The van der Waals surface area contributed by atoms with Gasteiger partial charge in [-0.15, -0.1) is 0 Å². The van der Waals surface area contributed by atoms with Crippen LogP contribution in [0.4, 0.5) is 0 Å². The Morgan fingerprint density at radius 2 is 1.59 bits per heavy atom. The fourth-order valence-electron chi connectivity index (χ4n) is 7.18. The van der Waals surface area contributed by atoms with Crippen LogP contribution in [0.2, 0.25) is 0 Å². The Labute approximate surface area is 143 Å². The molecule has 0 amide bonds. The normalized spacial score (nSPS) is 61.2. The van der Waals surface area contributed by atoms with Crippen LogP contribution in [0.15, 0.2) is 0 Å². The molecule has 4 aliphatic carbocycles. The van der Waals surface area contributed by atoms with Crippen LogP contribution in [-0.2, 0) is 0 Å². The molecule has 0 aromatic heterocycles. The van der Waals surface area contributed by atoms with E-state index in [9.17, 15) is 10.2 Å². The Morgan fingerprint density at radius 1 is 0.864 bits per heavy atom. The minimum Gasteiger partial charge on any atom is -0.393 e. The molecule has 126 valence electrons. The fourth-order valence-corrected chi connectivity index (χ4v) is 8.19. The van der Waals surface area contributed by atoms with Crippen molar-refractivity contribution in [3.8, 4) is 0 Å². The summed E-state index contributed by atoms with van der Waals surface area (Å²) in [6.07, 6.45) is 9.28. The van der Waals surface area contributed by atoms with E-state index in [0.717, 1.165) is 37.0 Å². The van der Waals surface area contributed by atoms with Crippen molar-refractivity contribution < 1.29 is 10.2 Å². The van der Waals surface area contributed by atoms with Gasteiger partial charge in [0.25, 0.3) is 0 Å². The number of hydrogen-bond acceptors (Lipinski definition) is 2. The number of fused-ring (bicyclic) bond motifs is 5. The SMILES string of the molecule is C[C@]12CC[C@@H](O)C[C@@H]1CC[C@@H]1[C@@H]2CC[C@]2(C)[C@@H](O)[C@H](Br)C[C@@H]12. The number of rotatable bonds is 0. The van der Waals surface area contributed by atoms with E-state index in [0.29, 0.717) is 16.2 Å². The Hall–Kier alpha value is 0.400. The lowest BCUT2D eigenvalue weighted by atomic mass is 9.45. The third-order valence-corrected chi connectivity index (χ3v) is 9.45. The van der Waals surface area contributed by atoms with Gasteiger partial charge in [0.1, 0.15) is 0 Å². The molecule has 3 heteroatoms. The van der Waals surface area contributed by atoms with E-state index in [-0.39, 0.29) is 17.6 Å². The molecular formula is C19H31BrO2. The maximum atomic E-state index is 10.7. The van der Waals surface area contributed by atoms with Crippen molar-refractivity contribution in [2.75, 3.05) is 0 Å². The molecular weight excluding hydrogens is 340 g/mol. The molecule has 0 spiro atoms. The van der Waals surface area contributed by atoms with Gasteiger partial charge in [0, 0.05) is 4.83 Å². The van der Waals surface area contributed by atoms with Crippen LogP contribution in [0, 0.1) is 34.5 Å². The first-order valence-electron chi connectivity index (χ1n) is 9.36. The molecule has 0 saturated heterocycles. The Morgan fingerprint density at radius 3 is 2.36 bits per heavy atom. The van der Waals surface area contributed by atoms with E-state index >= 15 is 0 Å². The van der Waals surface area contributed by atoms with E-state index in [1.807, 2.05) is 0 Å². The summed E-state index contributed by atoms with van der Waals surface area (Å²) in [4.78, 5) is 0.292. The van der Waals surface area contributed by atoms with E-state index in [4.69, 9.17) is 0 Å². The lowest BCUT2D eigenvalue weighted by Gasteiger charge is -2.60. The molecule has 0 aromatic rings. The highest BCUT2D eigenvalue weighted by Gasteiger charge is 2.61. The zero-order valence-electron chi connectivity index (χ0n) is 14.0. The highest BCUT2D eigenvalue weighted by molar-refractivity contribution is 9.09. The lowest BCUT2D eigenvalue weighted by Crippen LogP contribution is -2.54. The highest BCUT2D eigenvalue weighted by Crippen LogP contribution is 2.66. The second-order valence-electron chi connectivity index (χ2n) is 9.33. The number of hydrogen-bond donors (Lipinski definition) is 2. The number of aliphatic hydroxyl groups is 2. The van der Waals surface area contributed by atoms with Gasteiger partial charge < -0.3 is 10.2 Å². The van der Waals surface area contributed by atoms with E-state index in [2.05, 4.69) is 29.8 Å². The third kappa shape index (κ3) is 2.04. The molecule has 4 saturated carbocycles. The summed E-state index contributed by atoms with van der Waals surface area (Å²) in [7, 11) is 0. The number of halogens is 1. The van der Waals surface area contributed by atoms with Crippen molar-refractivity contribution in [3.05, 3.63) is 0 Å². The lowest BCUT2D eigenvalue weighted by molar-refractivity contribution is -0.133. The topological polar surface area (TPSA) is 40.5 Å².